The van der Waals surface area contributed by atoms with E-state index >= 15 is 0 Å². The molecule has 0 spiro atoms. The summed E-state index contributed by atoms with van der Waals surface area (Å²) in [7, 11) is 1.70. The van der Waals surface area contributed by atoms with Crippen LogP contribution in [0.1, 0.15) is 25.8 Å². The number of aliphatic imine (C=N–C) groups is 1. The lowest BCUT2D eigenvalue weighted by atomic mass is 10.1. The van der Waals surface area contributed by atoms with Crippen LogP contribution in [-0.4, -0.2) is 38.8 Å². The fourth-order valence-corrected chi connectivity index (χ4v) is 2.24. The van der Waals surface area contributed by atoms with Gasteiger partial charge in [-0.15, -0.1) is 0 Å². The Labute approximate surface area is 132 Å². The molecule has 5 heteroatoms. The largest absolute Gasteiger partial charge is 0.383 e. The fraction of sp³-hybridized carbons (Fsp3) is 0.562. The average Bonchev–Trinajstić information content (AvgIpc) is 2.45. The predicted octanol–water partition coefficient (Wildman–Crippen LogP) is 2.86. The lowest BCUT2D eigenvalue weighted by Crippen LogP contribution is -2.44. The standard InChI is InChI=1S/C16H26ClN3O/c1-4-18-16(20-13(2)12-21-3)19-11-7-9-14-8-5-6-10-15(14)17/h5-6,8,10,13H,4,7,9,11-12H2,1-3H3,(H2,18,19,20). The molecule has 0 bridgehead atoms. The van der Waals surface area contributed by atoms with Crippen molar-refractivity contribution >= 4 is 17.6 Å². The third-order valence-electron chi connectivity index (χ3n) is 2.98. The van der Waals surface area contributed by atoms with E-state index in [0.29, 0.717) is 6.61 Å². The molecule has 0 heterocycles. The zero-order valence-electron chi connectivity index (χ0n) is 13.2. The molecule has 0 saturated heterocycles. The number of aryl methyl sites for hydroxylation is 1. The molecule has 0 radical (unpaired) electrons. The van der Waals surface area contributed by atoms with E-state index in [2.05, 4.69) is 35.5 Å². The summed E-state index contributed by atoms with van der Waals surface area (Å²) in [6.45, 7) is 6.39. The summed E-state index contributed by atoms with van der Waals surface area (Å²) in [6, 6.07) is 8.20. The zero-order chi connectivity index (χ0) is 15.5. The third kappa shape index (κ3) is 7.34. The minimum absolute atomic E-state index is 0.233. The van der Waals surface area contributed by atoms with Crippen molar-refractivity contribution in [1.29, 1.82) is 0 Å². The van der Waals surface area contributed by atoms with Gasteiger partial charge in [0.15, 0.2) is 5.96 Å². The third-order valence-corrected chi connectivity index (χ3v) is 3.34. The molecule has 1 aromatic carbocycles. The van der Waals surface area contributed by atoms with Crippen LogP contribution in [0.15, 0.2) is 29.3 Å². The Morgan fingerprint density at radius 2 is 2.14 bits per heavy atom. The second-order valence-electron chi connectivity index (χ2n) is 4.96. The average molecular weight is 312 g/mol. The van der Waals surface area contributed by atoms with E-state index in [0.717, 1.165) is 36.9 Å². The van der Waals surface area contributed by atoms with E-state index in [4.69, 9.17) is 16.3 Å². The number of hydrogen-bond donors (Lipinski definition) is 2. The van der Waals surface area contributed by atoms with Crippen molar-refractivity contribution in [3.05, 3.63) is 34.9 Å². The molecule has 0 aliphatic heterocycles. The number of methoxy groups -OCH3 is 1. The van der Waals surface area contributed by atoms with Gasteiger partial charge >= 0.3 is 0 Å². The van der Waals surface area contributed by atoms with Gasteiger partial charge in [-0.05, 0) is 38.3 Å². The Kier molecular flexibility index (Phi) is 8.87. The van der Waals surface area contributed by atoms with Gasteiger partial charge in [-0.3, -0.25) is 4.99 Å². The van der Waals surface area contributed by atoms with E-state index in [9.17, 15) is 0 Å². The molecule has 1 aromatic rings. The first-order valence-corrected chi connectivity index (χ1v) is 7.82. The van der Waals surface area contributed by atoms with Crippen molar-refractivity contribution in [1.82, 2.24) is 10.6 Å². The number of nitrogens with zero attached hydrogens (tertiary/aromatic N) is 1. The topological polar surface area (TPSA) is 45.7 Å². The van der Waals surface area contributed by atoms with Gasteiger partial charge in [0.2, 0.25) is 0 Å². The molecule has 1 unspecified atom stereocenters. The highest BCUT2D eigenvalue weighted by molar-refractivity contribution is 6.31. The van der Waals surface area contributed by atoms with Crippen LogP contribution >= 0.6 is 11.6 Å². The summed E-state index contributed by atoms with van der Waals surface area (Å²) in [5.41, 5.74) is 1.18. The van der Waals surface area contributed by atoms with Crippen molar-refractivity contribution in [3.63, 3.8) is 0 Å². The molecule has 0 aromatic heterocycles. The van der Waals surface area contributed by atoms with Gasteiger partial charge in [-0.2, -0.15) is 0 Å². The molecular weight excluding hydrogens is 286 g/mol. The number of guanidine groups is 1. The molecule has 4 nitrogen and oxygen atoms in total. The van der Waals surface area contributed by atoms with Crippen LogP contribution in [0.4, 0.5) is 0 Å². The van der Waals surface area contributed by atoms with Crippen LogP contribution < -0.4 is 10.6 Å². The lowest BCUT2D eigenvalue weighted by molar-refractivity contribution is 0.179. The maximum Gasteiger partial charge on any atom is 0.191 e. The number of halogens is 1. The highest BCUT2D eigenvalue weighted by atomic mass is 35.5. The molecule has 0 saturated carbocycles. The van der Waals surface area contributed by atoms with Crippen LogP contribution in [-0.2, 0) is 11.2 Å². The van der Waals surface area contributed by atoms with Gasteiger partial charge < -0.3 is 15.4 Å². The minimum Gasteiger partial charge on any atom is -0.383 e. The van der Waals surface area contributed by atoms with E-state index < -0.39 is 0 Å². The quantitative estimate of drug-likeness (QED) is 0.441. The molecule has 0 aliphatic rings. The van der Waals surface area contributed by atoms with Gasteiger partial charge in [0.25, 0.3) is 0 Å². The number of benzene rings is 1. The Hall–Kier alpha value is -1.26. The number of nitrogens with one attached hydrogen (secondary N) is 2. The molecule has 0 aliphatic carbocycles. The van der Waals surface area contributed by atoms with Crippen LogP contribution in [0.2, 0.25) is 5.02 Å². The second-order valence-corrected chi connectivity index (χ2v) is 5.36. The molecule has 1 atom stereocenters. The Morgan fingerprint density at radius 1 is 1.38 bits per heavy atom. The summed E-state index contributed by atoms with van der Waals surface area (Å²) in [5.74, 6) is 0.834. The van der Waals surface area contributed by atoms with E-state index in [1.54, 1.807) is 7.11 Å². The highest BCUT2D eigenvalue weighted by Gasteiger charge is 2.04. The predicted molar refractivity (Wildman–Crippen MR) is 90.2 cm³/mol. The van der Waals surface area contributed by atoms with Crippen LogP contribution in [0, 0.1) is 0 Å². The van der Waals surface area contributed by atoms with Gasteiger partial charge in [-0.1, -0.05) is 29.8 Å². The first-order valence-electron chi connectivity index (χ1n) is 7.44. The second kappa shape index (κ2) is 10.5. The summed E-state index contributed by atoms with van der Waals surface area (Å²) in [5, 5.41) is 7.39. The Morgan fingerprint density at radius 3 is 2.81 bits per heavy atom. The van der Waals surface area contributed by atoms with Crippen molar-refractivity contribution in [3.8, 4) is 0 Å². The fourth-order valence-electron chi connectivity index (χ4n) is 2.01. The smallest absolute Gasteiger partial charge is 0.191 e. The van der Waals surface area contributed by atoms with Crippen molar-refractivity contribution in [2.75, 3.05) is 26.8 Å². The van der Waals surface area contributed by atoms with Gasteiger partial charge in [-0.25, -0.2) is 0 Å². The maximum absolute atomic E-state index is 6.14. The van der Waals surface area contributed by atoms with Gasteiger partial charge in [0.1, 0.15) is 0 Å². The zero-order valence-corrected chi connectivity index (χ0v) is 13.9. The van der Waals surface area contributed by atoms with E-state index in [1.165, 1.54) is 5.56 Å². The van der Waals surface area contributed by atoms with Crippen LogP contribution in [0.3, 0.4) is 0 Å². The SMILES string of the molecule is CCNC(=NCCCc1ccccc1Cl)NC(C)COC. The molecule has 1 rings (SSSR count). The van der Waals surface area contributed by atoms with Crippen molar-refractivity contribution < 1.29 is 4.74 Å². The van der Waals surface area contributed by atoms with Gasteiger partial charge in [0, 0.05) is 31.3 Å². The summed E-state index contributed by atoms with van der Waals surface area (Å²) < 4.78 is 5.12. The molecule has 118 valence electrons. The number of ether oxygens (including phenoxy) is 1. The molecule has 0 fully saturated rings. The number of hydrogen-bond acceptors (Lipinski definition) is 2. The molecule has 0 amide bonds. The molecular formula is C16H26ClN3O. The molecule has 21 heavy (non-hydrogen) atoms. The van der Waals surface area contributed by atoms with E-state index in [-0.39, 0.29) is 6.04 Å². The normalized spacial score (nSPS) is 13.0. The van der Waals surface area contributed by atoms with Crippen molar-refractivity contribution in [2.45, 2.75) is 32.7 Å². The first kappa shape index (κ1) is 17.8. The summed E-state index contributed by atoms with van der Waals surface area (Å²) in [6.07, 6.45) is 1.91. The van der Waals surface area contributed by atoms with Crippen LogP contribution in [0.25, 0.3) is 0 Å². The Balaban J connectivity index is 2.41. The van der Waals surface area contributed by atoms with Crippen molar-refractivity contribution in [2.24, 2.45) is 4.99 Å². The summed E-state index contributed by atoms with van der Waals surface area (Å²) >= 11 is 6.14. The molecule has 2 N–H and O–H groups in total. The monoisotopic (exact) mass is 311 g/mol. The van der Waals surface area contributed by atoms with Gasteiger partial charge in [0.05, 0.1) is 6.61 Å². The maximum atomic E-state index is 6.14. The number of rotatable bonds is 8. The summed E-state index contributed by atoms with van der Waals surface area (Å²) in [4.78, 5) is 4.58. The Bertz CT molecular complexity index is 437. The first-order chi connectivity index (χ1) is 10.2. The van der Waals surface area contributed by atoms with E-state index in [1.807, 2.05) is 18.2 Å². The minimum atomic E-state index is 0.233. The van der Waals surface area contributed by atoms with Crippen LogP contribution in [0.5, 0.6) is 0 Å². The lowest BCUT2D eigenvalue weighted by Gasteiger charge is -2.17. The highest BCUT2D eigenvalue weighted by Crippen LogP contribution is 2.16.